The molecule has 0 aromatic rings. The van der Waals surface area contributed by atoms with E-state index < -0.39 is 103 Å². The van der Waals surface area contributed by atoms with Crippen LogP contribution in [0.25, 0.3) is 0 Å². The van der Waals surface area contributed by atoms with E-state index in [9.17, 15) is 45.6 Å². The van der Waals surface area contributed by atoms with Gasteiger partial charge in [0.2, 0.25) is 0 Å². The quantitative estimate of drug-likeness (QED) is 0.0726. The fourth-order valence-corrected chi connectivity index (χ4v) is 6.38. The molecule has 0 radical (unpaired) electrons. The van der Waals surface area contributed by atoms with Crippen LogP contribution < -0.4 is 27.8 Å². The Balaban J connectivity index is 1.80. The predicted molar refractivity (Wildman–Crippen MR) is 160 cm³/mol. The molecule has 0 amide bonds. The SMILES string of the molecule is CN[C@@H]1[C@@H](O)[C@@H](O[C@H]2[C@H](CC(=O)[C@@H](O)CCN)C[C@H](N)C(O[C@H]3O[C@H](CNCC(O)CCN)[C@@H](O)[C@H](O)[C@H]3O)[C@@H]2O)OC[C@]1(C)O. The molecule has 1 saturated carbocycles. The third-order valence-electron chi connectivity index (χ3n) is 9.03. The van der Waals surface area contributed by atoms with Crippen molar-refractivity contribution in [3.63, 3.8) is 0 Å². The lowest BCUT2D eigenvalue weighted by molar-refractivity contribution is -0.333. The van der Waals surface area contributed by atoms with Crippen LogP contribution in [0.2, 0.25) is 0 Å². The number of Topliss-reactive ketones (excluding diaryl/α,β-unsaturated/α-hetero) is 1. The largest absolute Gasteiger partial charge is 0.392 e. The molecule has 2 saturated heterocycles. The number of rotatable bonds is 16. The number of aliphatic hydroxyl groups excluding tert-OH is 7. The molecule has 2 heterocycles. The van der Waals surface area contributed by atoms with Crippen molar-refractivity contribution in [2.75, 3.05) is 39.8 Å². The Bertz CT molecular complexity index is 940. The van der Waals surface area contributed by atoms with Gasteiger partial charge in [-0.2, -0.15) is 0 Å². The van der Waals surface area contributed by atoms with Crippen LogP contribution in [0.5, 0.6) is 0 Å². The standard InChI is InChI=1S/C28H55N5O13/c1-28(42)11-43-26(22(41)25(28)32-2)45-23-12(8-16(36)15(35)4-6-30)7-14(31)24(21(23)40)46-27-20(39)19(38)18(37)17(44-27)10-33-9-13(34)3-5-29/h12-15,17-27,32-35,37-42H,3-11,29-31H2,1-2H3/t12-,13?,14-,15-,17+,18+,19-,20+,21+,22+,23-,24?,25+,26+,27+,28-/m0/s1. The van der Waals surface area contributed by atoms with Crippen LogP contribution in [0.3, 0.4) is 0 Å². The first-order chi connectivity index (χ1) is 21.7. The van der Waals surface area contributed by atoms with E-state index in [0.29, 0.717) is 6.42 Å². The fraction of sp³-hybridized carbons (Fsp3) is 0.964. The molecular formula is C28H55N5O13. The summed E-state index contributed by atoms with van der Waals surface area (Å²) >= 11 is 0. The Morgan fingerprint density at radius 1 is 0.957 bits per heavy atom. The summed E-state index contributed by atoms with van der Waals surface area (Å²) in [6.45, 7) is 1.66. The minimum Gasteiger partial charge on any atom is -0.392 e. The molecule has 0 spiro atoms. The second-order valence-electron chi connectivity index (χ2n) is 12.8. The van der Waals surface area contributed by atoms with Crippen LogP contribution >= 0.6 is 0 Å². The lowest BCUT2D eigenvalue weighted by Crippen LogP contribution is -2.67. The van der Waals surface area contributed by atoms with Crippen molar-refractivity contribution in [1.29, 1.82) is 0 Å². The van der Waals surface area contributed by atoms with Crippen LogP contribution in [-0.4, -0.2) is 178 Å². The molecule has 3 fully saturated rings. The van der Waals surface area contributed by atoms with E-state index in [2.05, 4.69) is 10.6 Å². The third-order valence-corrected chi connectivity index (χ3v) is 9.03. The fourth-order valence-electron chi connectivity index (χ4n) is 6.38. The van der Waals surface area contributed by atoms with Crippen molar-refractivity contribution in [1.82, 2.24) is 10.6 Å². The molecule has 3 aliphatic rings. The highest BCUT2D eigenvalue weighted by atomic mass is 16.7. The van der Waals surface area contributed by atoms with E-state index in [1.807, 2.05) is 0 Å². The lowest BCUT2D eigenvalue weighted by Gasteiger charge is -2.49. The van der Waals surface area contributed by atoms with Gasteiger partial charge in [-0.1, -0.05) is 0 Å². The van der Waals surface area contributed by atoms with Crippen molar-refractivity contribution in [2.24, 2.45) is 23.1 Å². The van der Waals surface area contributed by atoms with E-state index in [0.717, 1.165) is 0 Å². The Hall–Kier alpha value is -1.01. The molecule has 16 N–H and O–H groups in total. The molecule has 3 rings (SSSR count). The zero-order chi connectivity index (χ0) is 34.3. The number of ketones is 1. The van der Waals surface area contributed by atoms with Gasteiger partial charge < -0.3 is 87.6 Å². The topological polar surface area (TPSA) is 318 Å². The molecule has 16 atom stereocenters. The van der Waals surface area contributed by atoms with Gasteiger partial charge in [-0.05, 0) is 52.2 Å². The minimum atomic E-state index is -1.75. The lowest BCUT2D eigenvalue weighted by atomic mass is 9.76. The number of ether oxygens (including phenoxy) is 4. The highest BCUT2D eigenvalue weighted by Crippen LogP contribution is 2.36. The average molecular weight is 670 g/mol. The summed E-state index contributed by atoms with van der Waals surface area (Å²) in [7, 11) is 1.54. The molecule has 270 valence electrons. The minimum absolute atomic E-state index is 0.0154. The molecule has 46 heavy (non-hydrogen) atoms. The zero-order valence-electron chi connectivity index (χ0n) is 26.4. The van der Waals surface area contributed by atoms with Gasteiger partial charge in [-0.3, -0.25) is 4.79 Å². The molecule has 2 unspecified atom stereocenters. The molecular weight excluding hydrogens is 614 g/mol. The number of carbonyl (C=O) groups excluding carboxylic acids is 1. The molecule has 1 aliphatic carbocycles. The van der Waals surface area contributed by atoms with Gasteiger partial charge in [-0.15, -0.1) is 0 Å². The maximum absolute atomic E-state index is 12.8. The van der Waals surface area contributed by atoms with Crippen molar-refractivity contribution >= 4 is 5.78 Å². The average Bonchev–Trinajstić information content (AvgIpc) is 2.99. The maximum Gasteiger partial charge on any atom is 0.187 e. The summed E-state index contributed by atoms with van der Waals surface area (Å²) in [6.07, 6.45) is -16.6. The predicted octanol–water partition coefficient (Wildman–Crippen LogP) is -6.70. The van der Waals surface area contributed by atoms with E-state index in [4.69, 9.17) is 36.1 Å². The molecule has 18 heteroatoms. The zero-order valence-corrected chi connectivity index (χ0v) is 26.4. The number of aliphatic hydroxyl groups is 8. The monoisotopic (exact) mass is 669 g/mol. The summed E-state index contributed by atoms with van der Waals surface area (Å²) in [5, 5.41) is 90.9. The highest BCUT2D eigenvalue weighted by Gasteiger charge is 2.53. The van der Waals surface area contributed by atoms with Crippen molar-refractivity contribution < 1.29 is 64.6 Å². The summed E-state index contributed by atoms with van der Waals surface area (Å²) < 4.78 is 23.4. The second kappa shape index (κ2) is 17.6. The van der Waals surface area contributed by atoms with E-state index >= 15 is 0 Å². The van der Waals surface area contributed by atoms with Gasteiger partial charge in [0.05, 0.1) is 24.9 Å². The Morgan fingerprint density at radius 3 is 2.24 bits per heavy atom. The first-order valence-electron chi connectivity index (χ1n) is 15.8. The van der Waals surface area contributed by atoms with E-state index in [-0.39, 0.29) is 52.0 Å². The number of hydrogen-bond donors (Lipinski definition) is 13. The van der Waals surface area contributed by atoms with Crippen molar-refractivity contribution in [2.45, 2.75) is 124 Å². The summed E-state index contributed by atoms with van der Waals surface area (Å²) in [5.74, 6) is -1.35. The number of likely N-dealkylation sites (N-methyl/N-ethyl adjacent to an activating group) is 1. The van der Waals surface area contributed by atoms with Crippen molar-refractivity contribution in [3.05, 3.63) is 0 Å². The van der Waals surface area contributed by atoms with Gasteiger partial charge >= 0.3 is 0 Å². The van der Waals surface area contributed by atoms with Gasteiger partial charge in [-0.25, -0.2) is 0 Å². The molecule has 0 aromatic heterocycles. The van der Waals surface area contributed by atoms with Crippen LogP contribution in [0.4, 0.5) is 0 Å². The van der Waals surface area contributed by atoms with Gasteiger partial charge in [0.25, 0.3) is 0 Å². The summed E-state index contributed by atoms with van der Waals surface area (Å²) in [5.41, 5.74) is 15.9. The highest BCUT2D eigenvalue weighted by molar-refractivity contribution is 5.83. The van der Waals surface area contributed by atoms with Crippen LogP contribution in [0, 0.1) is 5.92 Å². The van der Waals surface area contributed by atoms with Crippen LogP contribution in [0.15, 0.2) is 0 Å². The molecule has 2 aliphatic heterocycles. The van der Waals surface area contributed by atoms with E-state index in [1.165, 1.54) is 14.0 Å². The molecule has 18 nitrogen and oxygen atoms in total. The van der Waals surface area contributed by atoms with Crippen molar-refractivity contribution in [3.8, 4) is 0 Å². The van der Waals surface area contributed by atoms with E-state index in [1.54, 1.807) is 0 Å². The Labute approximate surface area is 268 Å². The molecule has 0 bridgehead atoms. The smallest absolute Gasteiger partial charge is 0.187 e. The van der Waals surface area contributed by atoms with Gasteiger partial charge in [0.1, 0.15) is 54.4 Å². The number of carbonyl (C=O) groups is 1. The maximum atomic E-state index is 12.8. The van der Waals surface area contributed by atoms with Crippen LogP contribution in [0.1, 0.15) is 32.6 Å². The first-order valence-corrected chi connectivity index (χ1v) is 15.8. The number of nitrogens with two attached hydrogens (primary N) is 3. The third kappa shape index (κ3) is 9.57. The number of hydrogen-bond acceptors (Lipinski definition) is 18. The normalized spacial score (nSPS) is 43.3. The van der Waals surface area contributed by atoms with Crippen LogP contribution in [-0.2, 0) is 23.7 Å². The number of nitrogens with one attached hydrogen (secondary N) is 2. The first kappa shape index (κ1) is 39.4. The molecule has 0 aromatic carbocycles. The Morgan fingerprint density at radius 2 is 1.61 bits per heavy atom. The summed E-state index contributed by atoms with van der Waals surface area (Å²) in [4.78, 5) is 12.8. The van der Waals surface area contributed by atoms with Gasteiger partial charge in [0, 0.05) is 25.6 Å². The van der Waals surface area contributed by atoms with Gasteiger partial charge in [0.15, 0.2) is 18.4 Å². The Kier molecular flexibility index (Phi) is 15.1. The summed E-state index contributed by atoms with van der Waals surface area (Å²) in [6, 6.07) is -1.85. The second-order valence-corrected chi connectivity index (χ2v) is 12.8.